The summed E-state index contributed by atoms with van der Waals surface area (Å²) in [4.78, 5) is 23.3. The lowest BCUT2D eigenvalue weighted by Gasteiger charge is -2.40. The van der Waals surface area contributed by atoms with E-state index in [1.54, 1.807) is 13.3 Å². The number of primary amides is 1. The Kier molecular flexibility index (Phi) is 5.97. The summed E-state index contributed by atoms with van der Waals surface area (Å²) in [5, 5.41) is 14.3. The van der Waals surface area contributed by atoms with Gasteiger partial charge in [-0.3, -0.25) is 9.69 Å². The van der Waals surface area contributed by atoms with E-state index in [-0.39, 0.29) is 17.5 Å². The number of benzene rings is 1. The molecule has 2 aliphatic rings. The van der Waals surface area contributed by atoms with Gasteiger partial charge in [-0.15, -0.1) is 10.2 Å². The van der Waals surface area contributed by atoms with E-state index in [2.05, 4.69) is 47.8 Å². The highest BCUT2D eigenvalue weighted by Gasteiger charge is 2.29. The van der Waals surface area contributed by atoms with Gasteiger partial charge in [0, 0.05) is 18.8 Å². The smallest absolute Gasteiger partial charge is 0.273 e. The van der Waals surface area contributed by atoms with E-state index in [0.29, 0.717) is 17.6 Å². The normalized spacial score (nSPS) is 17.4. The lowest BCUT2D eigenvalue weighted by atomic mass is 9.88. The van der Waals surface area contributed by atoms with Crippen LogP contribution in [0.4, 0.5) is 23.3 Å². The summed E-state index contributed by atoms with van der Waals surface area (Å²) >= 11 is 0. The number of aryl methyl sites for hydroxylation is 1. The van der Waals surface area contributed by atoms with Crippen LogP contribution in [0.25, 0.3) is 0 Å². The first-order chi connectivity index (χ1) is 16.5. The molecule has 0 bridgehead atoms. The molecule has 3 aromatic rings. The van der Waals surface area contributed by atoms with Crippen LogP contribution in [0.2, 0.25) is 0 Å². The Morgan fingerprint density at radius 3 is 2.85 bits per heavy atom. The van der Waals surface area contributed by atoms with Gasteiger partial charge in [0.25, 0.3) is 5.91 Å². The molecule has 34 heavy (non-hydrogen) atoms. The number of pyridine rings is 1. The zero-order chi connectivity index (χ0) is 23.7. The van der Waals surface area contributed by atoms with Crippen molar-refractivity contribution in [1.29, 1.82) is 0 Å². The predicted molar refractivity (Wildman–Crippen MR) is 129 cm³/mol. The minimum Gasteiger partial charge on any atom is -0.495 e. The first-order valence-corrected chi connectivity index (χ1v) is 11.5. The van der Waals surface area contributed by atoms with Crippen molar-refractivity contribution in [1.82, 2.24) is 25.1 Å². The molecule has 4 N–H and O–H groups in total. The van der Waals surface area contributed by atoms with Gasteiger partial charge in [0.15, 0.2) is 11.5 Å². The number of anilines is 4. The number of nitrogens with zero attached hydrogens (tertiary/aromatic N) is 5. The molecule has 0 saturated carbocycles. The number of amides is 1. The first-order valence-electron chi connectivity index (χ1n) is 11.5. The third-order valence-electron chi connectivity index (χ3n) is 6.51. The van der Waals surface area contributed by atoms with E-state index in [1.165, 1.54) is 30.4 Å². The molecule has 10 heteroatoms. The summed E-state index contributed by atoms with van der Waals surface area (Å²) in [7, 11) is 1.65. The van der Waals surface area contributed by atoms with Gasteiger partial charge in [0.1, 0.15) is 11.6 Å². The first kappa shape index (κ1) is 22.0. The number of rotatable bonds is 6. The van der Waals surface area contributed by atoms with Crippen LogP contribution in [0, 0.1) is 6.92 Å². The standard InChI is InChI=1S/C24H28N8O2/c1-14-6-5-8-26-22(14)28-23-20(21(25)33)30-31-24(29-23)27-18-11-16-13-32-9-4-3-7-17(32)10-15(16)12-19(18)34-2/h5-6,8,11-12,17H,3-4,7,9-10,13H2,1-2H3,(H2,25,33)(H2,26,27,28,29,31). The molecule has 1 amide bonds. The lowest BCUT2D eigenvalue weighted by Crippen LogP contribution is -2.43. The van der Waals surface area contributed by atoms with Gasteiger partial charge in [-0.1, -0.05) is 12.5 Å². The van der Waals surface area contributed by atoms with Crippen molar-refractivity contribution in [3.8, 4) is 5.75 Å². The van der Waals surface area contributed by atoms with Crippen molar-refractivity contribution in [3.05, 3.63) is 52.8 Å². The fraction of sp³-hybridized carbons (Fsp3) is 0.375. The van der Waals surface area contributed by atoms with Crippen LogP contribution in [-0.4, -0.2) is 50.7 Å². The molecule has 1 aromatic carbocycles. The van der Waals surface area contributed by atoms with Gasteiger partial charge < -0.3 is 21.1 Å². The van der Waals surface area contributed by atoms with Gasteiger partial charge in [-0.25, -0.2) is 4.98 Å². The maximum atomic E-state index is 11.9. The van der Waals surface area contributed by atoms with E-state index in [4.69, 9.17) is 10.5 Å². The van der Waals surface area contributed by atoms with Gasteiger partial charge in [0.05, 0.1) is 12.8 Å². The van der Waals surface area contributed by atoms with Crippen molar-refractivity contribution in [2.45, 2.75) is 45.2 Å². The number of ether oxygens (including phenoxy) is 1. The van der Waals surface area contributed by atoms with Gasteiger partial charge in [-0.05, 0) is 67.6 Å². The molecular weight excluding hydrogens is 432 g/mol. The zero-order valence-electron chi connectivity index (χ0n) is 19.3. The van der Waals surface area contributed by atoms with Crippen LogP contribution in [-0.2, 0) is 13.0 Å². The Hall–Kier alpha value is -3.79. The highest BCUT2D eigenvalue weighted by Crippen LogP contribution is 2.36. The second kappa shape index (κ2) is 9.22. The number of hydrogen-bond donors (Lipinski definition) is 3. The Bertz CT molecular complexity index is 1230. The fourth-order valence-electron chi connectivity index (χ4n) is 4.72. The van der Waals surface area contributed by atoms with E-state index < -0.39 is 5.91 Å². The van der Waals surface area contributed by atoms with E-state index in [9.17, 15) is 4.79 Å². The van der Waals surface area contributed by atoms with Gasteiger partial charge in [0.2, 0.25) is 5.95 Å². The average Bonchev–Trinajstić information content (AvgIpc) is 2.84. The van der Waals surface area contributed by atoms with Crippen LogP contribution in [0.1, 0.15) is 46.4 Å². The molecule has 0 radical (unpaired) electrons. The Morgan fingerprint density at radius 1 is 1.18 bits per heavy atom. The topological polar surface area (TPSA) is 131 Å². The van der Waals surface area contributed by atoms with E-state index >= 15 is 0 Å². The van der Waals surface area contributed by atoms with Crippen molar-refractivity contribution in [3.63, 3.8) is 0 Å². The Morgan fingerprint density at radius 2 is 2.06 bits per heavy atom. The number of nitrogens with one attached hydrogen (secondary N) is 2. The zero-order valence-corrected chi connectivity index (χ0v) is 19.3. The third kappa shape index (κ3) is 4.36. The summed E-state index contributed by atoms with van der Waals surface area (Å²) in [5.41, 5.74) is 9.65. The summed E-state index contributed by atoms with van der Waals surface area (Å²) in [6.45, 7) is 3.96. The maximum absolute atomic E-state index is 11.9. The molecule has 1 saturated heterocycles. The summed E-state index contributed by atoms with van der Waals surface area (Å²) in [6, 6.07) is 8.54. The number of fused-ring (bicyclic) bond motifs is 2. The molecule has 1 unspecified atom stereocenters. The van der Waals surface area contributed by atoms with Crippen molar-refractivity contribution < 1.29 is 9.53 Å². The number of aromatic nitrogens is 4. The fourth-order valence-corrected chi connectivity index (χ4v) is 4.72. The van der Waals surface area contributed by atoms with Crippen LogP contribution in [0.15, 0.2) is 30.5 Å². The predicted octanol–water partition coefficient (Wildman–Crippen LogP) is 3.08. The Labute approximate surface area is 198 Å². The monoisotopic (exact) mass is 460 g/mol. The SMILES string of the molecule is COc1cc2c(cc1Nc1nnc(C(N)=O)c(Nc3ncccc3C)n1)CN1CCCCC1C2. The Balaban J connectivity index is 1.46. The molecule has 5 rings (SSSR count). The van der Waals surface area contributed by atoms with Crippen LogP contribution in [0.3, 0.4) is 0 Å². The molecule has 10 nitrogen and oxygen atoms in total. The molecular formula is C24H28N8O2. The number of carbonyl (C=O) groups excluding carboxylic acids is 1. The summed E-state index contributed by atoms with van der Waals surface area (Å²) in [5.74, 6) is 0.926. The number of hydrogen-bond acceptors (Lipinski definition) is 9. The molecule has 0 spiro atoms. The largest absolute Gasteiger partial charge is 0.495 e. The average molecular weight is 461 g/mol. The molecule has 4 heterocycles. The van der Waals surface area contributed by atoms with Crippen molar-refractivity contribution in [2.75, 3.05) is 24.3 Å². The lowest BCUT2D eigenvalue weighted by molar-refractivity contribution is 0.0995. The maximum Gasteiger partial charge on any atom is 0.273 e. The van der Waals surface area contributed by atoms with Gasteiger partial charge in [-0.2, -0.15) is 4.98 Å². The minimum atomic E-state index is -0.731. The highest BCUT2D eigenvalue weighted by atomic mass is 16.5. The molecule has 1 fully saturated rings. The molecule has 0 aliphatic carbocycles. The number of piperidine rings is 1. The van der Waals surface area contributed by atoms with Crippen LogP contribution >= 0.6 is 0 Å². The number of carbonyl (C=O) groups is 1. The van der Waals surface area contributed by atoms with Crippen LogP contribution in [0.5, 0.6) is 5.75 Å². The molecule has 1 atom stereocenters. The van der Waals surface area contributed by atoms with Crippen molar-refractivity contribution in [2.24, 2.45) is 5.73 Å². The van der Waals surface area contributed by atoms with E-state index in [0.717, 1.165) is 30.8 Å². The number of nitrogens with two attached hydrogens (primary N) is 1. The molecule has 2 aliphatic heterocycles. The van der Waals surface area contributed by atoms with Crippen LogP contribution < -0.4 is 21.1 Å². The molecule has 176 valence electrons. The van der Waals surface area contributed by atoms with E-state index in [1.807, 2.05) is 19.1 Å². The summed E-state index contributed by atoms with van der Waals surface area (Å²) < 4.78 is 5.67. The van der Waals surface area contributed by atoms with Crippen molar-refractivity contribution >= 4 is 29.2 Å². The highest BCUT2D eigenvalue weighted by molar-refractivity contribution is 5.96. The molecule has 2 aromatic heterocycles. The minimum absolute atomic E-state index is 0.0656. The second-order valence-electron chi connectivity index (χ2n) is 8.76. The third-order valence-corrected chi connectivity index (χ3v) is 6.51. The number of methoxy groups -OCH3 is 1. The quantitative estimate of drug-likeness (QED) is 0.508. The van der Waals surface area contributed by atoms with Gasteiger partial charge >= 0.3 is 0 Å². The summed E-state index contributed by atoms with van der Waals surface area (Å²) in [6.07, 6.45) is 6.49. The second-order valence-corrected chi connectivity index (χ2v) is 8.76.